The molecule has 1 aliphatic heterocycles. The molecule has 0 bridgehead atoms. The first-order valence-corrected chi connectivity index (χ1v) is 6.84. The third kappa shape index (κ3) is 3.44. The molecule has 1 fully saturated rings. The van der Waals surface area contributed by atoms with Gasteiger partial charge in [-0.25, -0.2) is 0 Å². The second kappa shape index (κ2) is 6.02. The number of rotatable bonds is 4. The number of hydrogen-bond donors (Lipinski definition) is 1. The lowest BCUT2D eigenvalue weighted by Crippen LogP contribution is -2.38. The average molecular weight is 263 g/mol. The highest BCUT2D eigenvalue weighted by atomic mass is 16.6. The topological polar surface area (TPSA) is 58.4 Å². The molecule has 5 heteroatoms. The van der Waals surface area contributed by atoms with Crippen molar-refractivity contribution >= 4 is 11.4 Å². The van der Waals surface area contributed by atoms with Crippen molar-refractivity contribution in [3.8, 4) is 0 Å². The molecule has 0 aromatic heterocycles. The Morgan fingerprint density at radius 1 is 1.42 bits per heavy atom. The standard InChI is InChI=1S/C14H21N3O2/c1-3-16-8-6-12(7-9-16)15-13-10-11(2)4-5-14(13)17(18)19/h4-5,10,12,15H,3,6-9H2,1-2H3. The monoisotopic (exact) mass is 263 g/mol. The van der Waals surface area contributed by atoms with E-state index in [1.807, 2.05) is 13.0 Å². The van der Waals surface area contributed by atoms with E-state index in [0.29, 0.717) is 11.7 Å². The molecule has 1 saturated heterocycles. The van der Waals surface area contributed by atoms with Crippen LogP contribution in [0.4, 0.5) is 11.4 Å². The molecule has 1 aliphatic rings. The lowest BCUT2D eigenvalue weighted by Gasteiger charge is -2.31. The summed E-state index contributed by atoms with van der Waals surface area (Å²) in [6.07, 6.45) is 2.08. The zero-order valence-corrected chi connectivity index (χ0v) is 11.6. The average Bonchev–Trinajstić information content (AvgIpc) is 2.39. The SMILES string of the molecule is CCN1CCC(Nc2cc(C)ccc2[N+](=O)[O-])CC1. The van der Waals surface area contributed by atoms with E-state index in [9.17, 15) is 10.1 Å². The Morgan fingerprint density at radius 2 is 2.11 bits per heavy atom. The molecule has 0 spiro atoms. The van der Waals surface area contributed by atoms with Crippen LogP contribution < -0.4 is 5.32 Å². The highest BCUT2D eigenvalue weighted by molar-refractivity contribution is 5.63. The number of anilines is 1. The van der Waals surface area contributed by atoms with E-state index in [-0.39, 0.29) is 10.6 Å². The van der Waals surface area contributed by atoms with E-state index >= 15 is 0 Å². The van der Waals surface area contributed by atoms with Crippen molar-refractivity contribution in [2.45, 2.75) is 32.7 Å². The molecule has 0 radical (unpaired) electrons. The van der Waals surface area contributed by atoms with Gasteiger partial charge < -0.3 is 10.2 Å². The third-order valence-corrected chi connectivity index (χ3v) is 3.74. The Morgan fingerprint density at radius 3 is 2.68 bits per heavy atom. The van der Waals surface area contributed by atoms with Crippen molar-refractivity contribution in [2.24, 2.45) is 0 Å². The van der Waals surface area contributed by atoms with Crippen LogP contribution in [0.5, 0.6) is 0 Å². The number of aryl methyl sites for hydroxylation is 1. The number of nitrogens with zero attached hydrogens (tertiary/aromatic N) is 2. The van der Waals surface area contributed by atoms with Crippen molar-refractivity contribution in [1.29, 1.82) is 0 Å². The van der Waals surface area contributed by atoms with Crippen LogP contribution in [-0.4, -0.2) is 35.5 Å². The fourth-order valence-electron chi connectivity index (χ4n) is 2.54. The number of piperidine rings is 1. The molecule has 1 heterocycles. The lowest BCUT2D eigenvalue weighted by molar-refractivity contribution is -0.384. The fourth-order valence-corrected chi connectivity index (χ4v) is 2.54. The maximum absolute atomic E-state index is 11.0. The Labute approximate surface area is 113 Å². The summed E-state index contributed by atoms with van der Waals surface area (Å²) in [6, 6.07) is 5.56. The summed E-state index contributed by atoms with van der Waals surface area (Å²) in [6.45, 7) is 7.33. The van der Waals surface area contributed by atoms with Crippen molar-refractivity contribution in [2.75, 3.05) is 25.0 Å². The third-order valence-electron chi connectivity index (χ3n) is 3.74. The molecule has 1 N–H and O–H groups in total. The Hall–Kier alpha value is -1.62. The normalized spacial score (nSPS) is 17.4. The molecule has 2 rings (SSSR count). The summed E-state index contributed by atoms with van der Waals surface area (Å²) in [5, 5.41) is 14.4. The van der Waals surface area contributed by atoms with Crippen LogP contribution in [0.2, 0.25) is 0 Å². The van der Waals surface area contributed by atoms with Crippen molar-refractivity contribution in [3.63, 3.8) is 0 Å². The van der Waals surface area contributed by atoms with Crippen molar-refractivity contribution < 1.29 is 4.92 Å². The Balaban J connectivity index is 2.06. The van der Waals surface area contributed by atoms with Gasteiger partial charge in [0, 0.05) is 25.2 Å². The summed E-state index contributed by atoms with van der Waals surface area (Å²) in [5.74, 6) is 0. The minimum absolute atomic E-state index is 0.170. The molecule has 5 nitrogen and oxygen atoms in total. The second-order valence-corrected chi connectivity index (χ2v) is 5.13. The quantitative estimate of drug-likeness (QED) is 0.670. The van der Waals surface area contributed by atoms with Crippen LogP contribution >= 0.6 is 0 Å². The highest BCUT2D eigenvalue weighted by Gasteiger charge is 2.21. The van der Waals surface area contributed by atoms with Gasteiger partial charge in [0.15, 0.2) is 0 Å². The van der Waals surface area contributed by atoms with Gasteiger partial charge in [-0.3, -0.25) is 10.1 Å². The van der Waals surface area contributed by atoms with Gasteiger partial charge >= 0.3 is 0 Å². The number of benzene rings is 1. The largest absolute Gasteiger partial charge is 0.377 e. The number of nitro benzene ring substituents is 1. The fraction of sp³-hybridized carbons (Fsp3) is 0.571. The minimum atomic E-state index is -0.317. The highest BCUT2D eigenvalue weighted by Crippen LogP contribution is 2.27. The second-order valence-electron chi connectivity index (χ2n) is 5.13. The maximum atomic E-state index is 11.0. The predicted octanol–water partition coefficient (Wildman–Crippen LogP) is 2.80. The van der Waals surface area contributed by atoms with Gasteiger partial charge in [0.25, 0.3) is 5.69 Å². The van der Waals surface area contributed by atoms with Gasteiger partial charge in [0.2, 0.25) is 0 Å². The molecule has 0 unspecified atom stereocenters. The number of hydrogen-bond acceptors (Lipinski definition) is 4. The molecule has 1 aromatic carbocycles. The molecule has 104 valence electrons. The van der Waals surface area contributed by atoms with Crippen LogP contribution in [0.1, 0.15) is 25.3 Å². The first-order valence-electron chi connectivity index (χ1n) is 6.84. The van der Waals surface area contributed by atoms with Gasteiger partial charge in [0.05, 0.1) is 4.92 Å². The van der Waals surface area contributed by atoms with E-state index in [4.69, 9.17) is 0 Å². The van der Waals surface area contributed by atoms with Crippen LogP contribution in [0, 0.1) is 17.0 Å². The smallest absolute Gasteiger partial charge is 0.292 e. The van der Waals surface area contributed by atoms with E-state index < -0.39 is 0 Å². The molecule has 19 heavy (non-hydrogen) atoms. The molecule has 0 saturated carbocycles. The molecule has 0 amide bonds. The molecule has 0 atom stereocenters. The summed E-state index contributed by atoms with van der Waals surface area (Å²) in [4.78, 5) is 13.1. The summed E-state index contributed by atoms with van der Waals surface area (Å²) in [5.41, 5.74) is 1.86. The summed E-state index contributed by atoms with van der Waals surface area (Å²) < 4.78 is 0. The predicted molar refractivity (Wildman–Crippen MR) is 76.6 cm³/mol. The van der Waals surface area contributed by atoms with Crippen molar-refractivity contribution in [1.82, 2.24) is 4.90 Å². The van der Waals surface area contributed by atoms with Gasteiger partial charge in [-0.15, -0.1) is 0 Å². The molecular weight excluding hydrogens is 242 g/mol. The van der Waals surface area contributed by atoms with Crippen molar-refractivity contribution in [3.05, 3.63) is 33.9 Å². The number of nitro groups is 1. The Bertz CT molecular complexity index is 454. The summed E-state index contributed by atoms with van der Waals surface area (Å²) >= 11 is 0. The van der Waals surface area contributed by atoms with Gasteiger partial charge in [-0.1, -0.05) is 13.0 Å². The van der Waals surface area contributed by atoms with Gasteiger partial charge in [-0.2, -0.15) is 0 Å². The van der Waals surface area contributed by atoms with E-state index in [1.54, 1.807) is 12.1 Å². The Kier molecular flexibility index (Phi) is 4.37. The van der Waals surface area contributed by atoms with E-state index in [1.165, 1.54) is 0 Å². The molecule has 0 aliphatic carbocycles. The van der Waals surface area contributed by atoms with Crippen LogP contribution in [-0.2, 0) is 0 Å². The van der Waals surface area contributed by atoms with E-state index in [2.05, 4.69) is 17.1 Å². The minimum Gasteiger partial charge on any atom is -0.377 e. The zero-order valence-electron chi connectivity index (χ0n) is 11.6. The lowest BCUT2D eigenvalue weighted by atomic mass is 10.0. The van der Waals surface area contributed by atoms with Crippen LogP contribution in [0.3, 0.4) is 0 Å². The number of likely N-dealkylation sites (tertiary alicyclic amines) is 1. The van der Waals surface area contributed by atoms with Gasteiger partial charge in [-0.05, 0) is 37.9 Å². The molecule has 1 aromatic rings. The van der Waals surface area contributed by atoms with Gasteiger partial charge in [0.1, 0.15) is 5.69 Å². The molecular formula is C14H21N3O2. The summed E-state index contributed by atoms with van der Waals surface area (Å²) in [7, 11) is 0. The number of nitrogens with one attached hydrogen (secondary N) is 1. The first-order chi connectivity index (χ1) is 9.10. The zero-order chi connectivity index (χ0) is 13.8. The van der Waals surface area contributed by atoms with Crippen LogP contribution in [0.25, 0.3) is 0 Å². The first kappa shape index (κ1) is 13.8. The maximum Gasteiger partial charge on any atom is 0.292 e. The van der Waals surface area contributed by atoms with Crippen LogP contribution in [0.15, 0.2) is 18.2 Å². The van der Waals surface area contributed by atoms with E-state index in [0.717, 1.165) is 38.0 Å².